The highest BCUT2D eigenvalue weighted by molar-refractivity contribution is 6.07. The second-order valence-electron chi connectivity index (χ2n) is 7.90. The monoisotopic (exact) mass is 416 g/mol. The van der Waals surface area contributed by atoms with E-state index in [0.29, 0.717) is 17.7 Å². The lowest BCUT2D eigenvalue weighted by molar-refractivity contribution is -0.0246. The van der Waals surface area contributed by atoms with E-state index in [1.54, 1.807) is 34.1 Å². The number of nitrogens with zero attached hydrogens (tertiary/aromatic N) is 2. The van der Waals surface area contributed by atoms with E-state index in [0.717, 1.165) is 11.3 Å². The number of carbonyl (C=O) groups is 2. The summed E-state index contributed by atoms with van der Waals surface area (Å²) in [6.07, 6.45) is 0. The molecule has 3 aromatic rings. The summed E-state index contributed by atoms with van der Waals surface area (Å²) < 4.78 is 13.3. The van der Waals surface area contributed by atoms with Gasteiger partial charge in [0.05, 0.1) is 18.7 Å². The molecular formula is C25H21FN2O3. The van der Waals surface area contributed by atoms with Crippen molar-refractivity contribution in [3.8, 4) is 0 Å². The molecule has 2 amide bonds. The minimum atomic E-state index is -0.403. The molecule has 0 aliphatic carbocycles. The third-order valence-electron chi connectivity index (χ3n) is 6.28. The van der Waals surface area contributed by atoms with Gasteiger partial charge in [0.25, 0.3) is 11.8 Å². The molecular weight excluding hydrogens is 395 g/mol. The van der Waals surface area contributed by atoms with E-state index in [1.165, 1.54) is 24.3 Å². The van der Waals surface area contributed by atoms with Crippen LogP contribution in [0.25, 0.3) is 0 Å². The Morgan fingerprint density at radius 1 is 0.871 bits per heavy atom. The zero-order valence-electron chi connectivity index (χ0n) is 16.7. The van der Waals surface area contributed by atoms with Crippen molar-refractivity contribution in [3.63, 3.8) is 0 Å². The molecule has 0 aromatic heterocycles. The minimum Gasteiger partial charge on any atom is -0.394 e. The summed E-state index contributed by atoms with van der Waals surface area (Å²) in [5, 5.41) is 10.1. The maximum atomic E-state index is 13.3. The molecule has 6 heteroatoms. The van der Waals surface area contributed by atoms with Crippen molar-refractivity contribution >= 4 is 17.5 Å². The highest BCUT2D eigenvalue weighted by Crippen LogP contribution is 2.48. The number of fused-ring (bicyclic) bond motifs is 3. The lowest BCUT2D eigenvalue weighted by atomic mass is 9.71. The molecule has 2 aliphatic rings. The van der Waals surface area contributed by atoms with E-state index in [9.17, 15) is 19.1 Å². The number of carbonyl (C=O) groups excluding carboxylic acids is 2. The van der Waals surface area contributed by atoms with Crippen LogP contribution >= 0.6 is 0 Å². The van der Waals surface area contributed by atoms with E-state index < -0.39 is 5.82 Å². The van der Waals surface area contributed by atoms with Crippen molar-refractivity contribution in [3.05, 3.63) is 101 Å². The van der Waals surface area contributed by atoms with Gasteiger partial charge in [-0.05, 0) is 48.0 Å². The Labute approximate surface area is 179 Å². The number of amides is 2. The summed E-state index contributed by atoms with van der Waals surface area (Å²) in [6, 6.07) is 21.4. The zero-order chi connectivity index (χ0) is 21.5. The van der Waals surface area contributed by atoms with Gasteiger partial charge >= 0.3 is 0 Å². The van der Waals surface area contributed by atoms with Crippen LogP contribution < -0.4 is 4.90 Å². The van der Waals surface area contributed by atoms with Crippen molar-refractivity contribution in [2.45, 2.75) is 18.0 Å². The number of likely N-dealkylation sites (tertiary alicyclic amines) is 1. The van der Waals surface area contributed by atoms with Gasteiger partial charge in [-0.1, -0.05) is 36.4 Å². The largest absolute Gasteiger partial charge is 0.394 e. The number of benzene rings is 3. The average Bonchev–Trinajstić information content (AvgIpc) is 2.80. The standard InChI is InChI=1S/C25H21FN2O3/c26-18-12-10-17(11-13-18)24(30)27-14-21-23(19-8-4-5-9-20(19)27)22(15-29)28(21)25(31)16-6-2-1-3-7-16/h1-13,21-23,29H,14-15H2/t21-,22+,23+/m0/s1. The van der Waals surface area contributed by atoms with Gasteiger partial charge in [-0.25, -0.2) is 4.39 Å². The van der Waals surface area contributed by atoms with Crippen LogP contribution in [0.15, 0.2) is 78.9 Å². The molecule has 1 N–H and O–H groups in total. The topological polar surface area (TPSA) is 60.9 Å². The lowest BCUT2D eigenvalue weighted by Gasteiger charge is -2.58. The Morgan fingerprint density at radius 2 is 1.52 bits per heavy atom. The predicted molar refractivity (Wildman–Crippen MR) is 115 cm³/mol. The van der Waals surface area contributed by atoms with Crippen LogP contribution in [0.3, 0.4) is 0 Å². The smallest absolute Gasteiger partial charge is 0.258 e. The average molecular weight is 416 g/mol. The first-order valence-electron chi connectivity index (χ1n) is 10.2. The Balaban J connectivity index is 1.53. The van der Waals surface area contributed by atoms with Crippen LogP contribution in [0, 0.1) is 5.82 Å². The molecule has 156 valence electrons. The molecule has 0 saturated carbocycles. The summed E-state index contributed by atoms with van der Waals surface area (Å²) in [6.45, 7) is 0.160. The van der Waals surface area contributed by atoms with Gasteiger partial charge in [-0.15, -0.1) is 0 Å². The fourth-order valence-corrected chi connectivity index (χ4v) is 4.84. The number of aliphatic hydroxyl groups is 1. The first-order valence-corrected chi connectivity index (χ1v) is 10.2. The second kappa shape index (κ2) is 7.63. The van der Waals surface area contributed by atoms with Gasteiger partial charge in [0.2, 0.25) is 0 Å². The number of aliphatic hydroxyl groups excluding tert-OH is 1. The SMILES string of the molecule is O=C(c1ccc(F)cc1)N1C[C@H]2[C@@H](c3ccccc31)[C@@H](CO)N2C(=O)c1ccccc1. The van der Waals surface area contributed by atoms with Crippen LogP contribution in [0.2, 0.25) is 0 Å². The van der Waals surface area contributed by atoms with Gasteiger partial charge in [-0.2, -0.15) is 0 Å². The maximum absolute atomic E-state index is 13.3. The molecule has 3 atom stereocenters. The van der Waals surface area contributed by atoms with Gasteiger partial charge in [0.1, 0.15) is 5.82 Å². The minimum absolute atomic E-state index is 0.0499. The van der Waals surface area contributed by atoms with Gasteiger partial charge in [0.15, 0.2) is 0 Å². The van der Waals surface area contributed by atoms with Crippen molar-refractivity contribution in [2.24, 2.45) is 0 Å². The summed E-state index contributed by atoms with van der Waals surface area (Å²) in [5.74, 6) is -0.855. The molecule has 31 heavy (non-hydrogen) atoms. The first-order chi connectivity index (χ1) is 15.1. The number of anilines is 1. The van der Waals surface area contributed by atoms with E-state index in [-0.39, 0.29) is 36.4 Å². The number of hydrogen-bond donors (Lipinski definition) is 1. The van der Waals surface area contributed by atoms with Crippen LogP contribution in [-0.2, 0) is 0 Å². The molecule has 3 aromatic carbocycles. The fraction of sp³-hybridized carbons (Fsp3) is 0.200. The molecule has 0 bridgehead atoms. The fourth-order valence-electron chi connectivity index (χ4n) is 4.84. The van der Waals surface area contributed by atoms with Gasteiger partial charge in [0, 0.05) is 29.3 Å². The van der Waals surface area contributed by atoms with Crippen LogP contribution in [-0.4, -0.2) is 47.1 Å². The number of rotatable bonds is 3. The third-order valence-corrected chi connectivity index (χ3v) is 6.28. The highest BCUT2D eigenvalue weighted by atomic mass is 19.1. The molecule has 0 radical (unpaired) electrons. The molecule has 5 rings (SSSR count). The Bertz CT molecular complexity index is 1130. The van der Waals surface area contributed by atoms with E-state index in [4.69, 9.17) is 0 Å². The normalized spacial score (nSPS) is 21.7. The molecule has 2 aliphatic heterocycles. The zero-order valence-corrected chi connectivity index (χ0v) is 16.7. The van der Waals surface area contributed by atoms with Gasteiger partial charge < -0.3 is 14.9 Å². The maximum Gasteiger partial charge on any atom is 0.258 e. The molecule has 1 fully saturated rings. The van der Waals surface area contributed by atoms with Crippen LogP contribution in [0.1, 0.15) is 32.2 Å². The van der Waals surface area contributed by atoms with Crippen molar-refractivity contribution in [2.75, 3.05) is 18.1 Å². The van der Waals surface area contributed by atoms with E-state index >= 15 is 0 Å². The first kappa shape index (κ1) is 19.5. The quantitative estimate of drug-likeness (QED) is 0.712. The molecule has 1 saturated heterocycles. The Morgan fingerprint density at radius 3 is 2.23 bits per heavy atom. The van der Waals surface area contributed by atoms with Crippen LogP contribution in [0.5, 0.6) is 0 Å². The summed E-state index contributed by atoms with van der Waals surface area (Å²) >= 11 is 0. The Hall–Kier alpha value is -3.51. The van der Waals surface area contributed by atoms with Crippen molar-refractivity contribution < 1.29 is 19.1 Å². The number of hydrogen-bond acceptors (Lipinski definition) is 3. The van der Waals surface area contributed by atoms with Gasteiger partial charge in [-0.3, -0.25) is 9.59 Å². The second-order valence-corrected chi connectivity index (χ2v) is 7.90. The molecule has 0 unspecified atom stereocenters. The van der Waals surface area contributed by atoms with Crippen molar-refractivity contribution in [1.82, 2.24) is 4.90 Å². The molecule has 0 spiro atoms. The molecule has 2 heterocycles. The number of halogens is 1. The number of para-hydroxylation sites is 1. The highest BCUT2D eigenvalue weighted by Gasteiger charge is 2.55. The Kier molecular flexibility index (Phi) is 4.79. The molecule has 5 nitrogen and oxygen atoms in total. The lowest BCUT2D eigenvalue weighted by Crippen LogP contribution is -2.70. The summed E-state index contributed by atoms with van der Waals surface area (Å²) in [5.41, 5.74) is 2.64. The van der Waals surface area contributed by atoms with Crippen molar-refractivity contribution in [1.29, 1.82) is 0 Å². The van der Waals surface area contributed by atoms with Crippen LogP contribution in [0.4, 0.5) is 10.1 Å². The summed E-state index contributed by atoms with van der Waals surface area (Å²) in [4.78, 5) is 29.9. The third kappa shape index (κ3) is 3.11. The predicted octanol–water partition coefficient (Wildman–Crippen LogP) is 3.46. The van der Waals surface area contributed by atoms with E-state index in [1.807, 2.05) is 30.3 Å². The summed E-state index contributed by atoms with van der Waals surface area (Å²) in [7, 11) is 0. The van der Waals surface area contributed by atoms with E-state index in [2.05, 4.69) is 0 Å².